The lowest BCUT2D eigenvalue weighted by atomic mass is 10.1. The third kappa shape index (κ3) is 7.00. The largest absolute Gasteiger partial charge is 0.416 e. The number of rotatable bonds is 10. The molecule has 0 bridgehead atoms. The third-order valence-electron chi connectivity index (χ3n) is 13.1. The van der Waals surface area contributed by atoms with Crippen molar-refractivity contribution in [3.05, 3.63) is 255 Å². The molecule has 0 atom stereocenters. The molecule has 7 heteroatoms. The topological polar surface area (TPSA) is 55.3 Å². The van der Waals surface area contributed by atoms with Gasteiger partial charge in [0.2, 0.25) is 11.8 Å². The fraction of sp³-hybridized carbons (Fsp3) is 0. The minimum Gasteiger partial charge on any atom is -0.416 e. The fourth-order valence-electron chi connectivity index (χ4n) is 9.92. The van der Waals surface area contributed by atoms with Gasteiger partial charge in [0.15, 0.2) is 0 Å². The van der Waals surface area contributed by atoms with Gasteiger partial charge in [0, 0.05) is 78.2 Å². The van der Waals surface area contributed by atoms with Gasteiger partial charge in [-0.15, -0.1) is 10.2 Å². The Morgan fingerprint density at radius 1 is 0.275 bits per heavy atom. The van der Waals surface area contributed by atoms with Gasteiger partial charge in [0.1, 0.15) is 0 Å². The first-order valence-corrected chi connectivity index (χ1v) is 23.2. The lowest BCUT2D eigenvalue weighted by Gasteiger charge is -2.25. The summed E-state index contributed by atoms with van der Waals surface area (Å²) in [5, 5.41) is 13.8. The summed E-state index contributed by atoms with van der Waals surface area (Å²) < 4.78 is 11.0. The monoisotopic (exact) mass is 886 g/mol. The van der Waals surface area contributed by atoms with Crippen LogP contribution in [0.2, 0.25) is 0 Å². The van der Waals surface area contributed by atoms with E-state index in [1.807, 2.05) is 0 Å². The van der Waals surface area contributed by atoms with E-state index in [1.54, 1.807) is 0 Å². The average molecular weight is 887 g/mol. The van der Waals surface area contributed by atoms with Crippen LogP contribution in [0.25, 0.3) is 77.9 Å². The summed E-state index contributed by atoms with van der Waals surface area (Å²) in [5.41, 5.74) is 14.9. The Labute approximate surface area is 398 Å². The Hall–Kier alpha value is -9.46. The molecule has 13 aromatic rings. The molecular formula is C62H42N6O. The summed E-state index contributed by atoms with van der Waals surface area (Å²) in [6, 6.07) is 89.6. The van der Waals surface area contributed by atoms with Gasteiger partial charge in [-0.2, -0.15) is 0 Å². The second-order valence-electron chi connectivity index (χ2n) is 17.1. The van der Waals surface area contributed by atoms with Gasteiger partial charge in [-0.3, -0.25) is 0 Å². The van der Waals surface area contributed by atoms with Crippen LogP contribution in [-0.2, 0) is 0 Å². The summed E-state index contributed by atoms with van der Waals surface area (Å²) in [4.78, 5) is 4.61. The van der Waals surface area contributed by atoms with Gasteiger partial charge in [-0.05, 0) is 146 Å². The highest BCUT2D eigenvalue weighted by molar-refractivity contribution is 6.12. The lowest BCUT2D eigenvalue weighted by Crippen LogP contribution is -2.09. The quantitative estimate of drug-likeness (QED) is 0.137. The van der Waals surface area contributed by atoms with Crippen molar-refractivity contribution in [2.75, 3.05) is 9.80 Å². The molecule has 0 spiro atoms. The molecule has 0 saturated heterocycles. The van der Waals surface area contributed by atoms with Gasteiger partial charge in [-0.25, -0.2) is 0 Å². The molecule has 13 rings (SSSR count). The van der Waals surface area contributed by atoms with Gasteiger partial charge >= 0.3 is 0 Å². The van der Waals surface area contributed by atoms with Crippen molar-refractivity contribution in [2.45, 2.75) is 0 Å². The number of fused-ring (bicyclic) bond motifs is 6. The predicted octanol–water partition coefficient (Wildman–Crippen LogP) is 16.5. The van der Waals surface area contributed by atoms with Crippen LogP contribution in [0.4, 0.5) is 34.1 Å². The number of nitrogens with zero attached hydrogens (tertiary/aromatic N) is 6. The third-order valence-corrected chi connectivity index (χ3v) is 13.1. The molecule has 69 heavy (non-hydrogen) atoms. The molecular weight excluding hydrogens is 845 g/mol. The number of aromatic nitrogens is 4. The van der Waals surface area contributed by atoms with E-state index >= 15 is 0 Å². The van der Waals surface area contributed by atoms with E-state index in [2.05, 4.69) is 284 Å². The summed E-state index contributed by atoms with van der Waals surface area (Å²) in [6.45, 7) is 0. The zero-order chi connectivity index (χ0) is 45.7. The smallest absolute Gasteiger partial charge is 0.248 e. The van der Waals surface area contributed by atoms with Crippen molar-refractivity contribution < 1.29 is 4.42 Å². The molecule has 0 radical (unpaired) electrons. The number of para-hydroxylation sites is 6. The maximum atomic E-state index is 6.37. The van der Waals surface area contributed by atoms with E-state index in [0.29, 0.717) is 11.8 Å². The minimum atomic E-state index is 0.465. The van der Waals surface area contributed by atoms with Crippen molar-refractivity contribution in [2.24, 2.45) is 0 Å². The first kappa shape index (κ1) is 39.9. The van der Waals surface area contributed by atoms with Crippen molar-refractivity contribution in [3.8, 4) is 34.3 Å². The van der Waals surface area contributed by atoms with Crippen molar-refractivity contribution in [1.82, 2.24) is 19.3 Å². The van der Waals surface area contributed by atoms with Crippen LogP contribution < -0.4 is 9.80 Å². The zero-order valence-corrected chi connectivity index (χ0v) is 37.3. The van der Waals surface area contributed by atoms with Gasteiger partial charge in [0.05, 0.1) is 22.1 Å². The highest BCUT2D eigenvalue weighted by atomic mass is 16.4. The first-order valence-electron chi connectivity index (χ1n) is 23.2. The lowest BCUT2D eigenvalue weighted by molar-refractivity contribution is 0.584. The summed E-state index contributed by atoms with van der Waals surface area (Å²) in [6.07, 6.45) is 0. The van der Waals surface area contributed by atoms with E-state index in [4.69, 9.17) is 4.42 Å². The molecule has 10 aromatic carbocycles. The molecule has 0 aliphatic carbocycles. The Bertz CT molecular complexity index is 3600. The number of benzene rings is 10. The minimum absolute atomic E-state index is 0.465. The van der Waals surface area contributed by atoms with Crippen LogP contribution in [0.5, 0.6) is 0 Å². The second-order valence-corrected chi connectivity index (χ2v) is 17.1. The number of anilines is 6. The highest BCUT2D eigenvalue weighted by Gasteiger charge is 2.20. The van der Waals surface area contributed by atoms with Gasteiger partial charge in [0.25, 0.3) is 0 Å². The van der Waals surface area contributed by atoms with Crippen molar-refractivity contribution in [3.63, 3.8) is 0 Å². The zero-order valence-electron chi connectivity index (χ0n) is 37.3. The van der Waals surface area contributed by atoms with E-state index in [-0.39, 0.29) is 0 Å². The Morgan fingerprint density at radius 3 is 0.957 bits per heavy atom. The van der Waals surface area contributed by atoms with Crippen LogP contribution in [0, 0.1) is 0 Å². The van der Waals surface area contributed by atoms with E-state index < -0.39 is 0 Å². The Morgan fingerprint density at radius 2 is 0.594 bits per heavy atom. The van der Waals surface area contributed by atoms with Crippen molar-refractivity contribution in [1.29, 1.82) is 0 Å². The van der Waals surface area contributed by atoms with E-state index in [0.717, 1.165) is 78.7 Å². The standard InChI is InChI=1S/C62H42N6O/c1-5-17-45(18-6-1)65(46-19-7-2-8-20-46)51-37-39-59-55(41-51)53-25-13-15-27-57(53)67(59)49-33-29-43(30-34-49)61-63-64-62(69-61)44-31-35-50(36-32-44)68-58-28-16-14-26-54(58)56-42-52(38-40-60(56)68)66(47-21-9-3-10-22-47)48-23-11-4-12-24-48/h1-42H. The molecule has 0 saturated carbocycles. The average Bonchev–Trinajstić information content (AvgIpc) is 4.14. The second kappa shape index (κ2) is 16.8. The van der Waals surface area contributed by atoms with Crippen LogP contribution in [0.1, 0.15) is 0 Å². The van der Waals surface area contributed by atoms with Crippen molar-refractivity contribution >= 4 is 77.7 Å². The number of hydrogen-bond donors (Lipinski definition) is 0. The normalized spacial score (nSPS) is 11.5. The molecule has 3 aromatic heterocycles. The van der Waals surface area contributed by atoms with Crippen LogP contribution in [-0.4, -0.2) is 19.3 Å². The molecule has 7 nitrogen and oxygen atoms in total. The van der Waals surface area contributed by atoms with E-state index in [1.165, 1.54) is 21.5 Å². The highest BCUT2D eigenvalue weighted by Crippen LogP contribution is 2.42. The number of hydrogen-bond acceptors (Lipinski definition) is 5. The molecule has 0 fully saturated rings. The molecule has 0 aliphatic heterocycles. The molecule has 0 N–H and O–H groups in total. The van der Waals surface area contributed by atoms with Crippen LogP contribution in [0.3, 0.4) is 0 Å². The van der Waals surface area contributed by atoms with E-state index in [9.17, 15) is 0 Å². The molecule has 0 aliphatic rings. The Kier molecular flexibility index (Phi) is 9.68. The SMILES string of the molecule is c1ccc(N(c2ccccc2)c2ccc3c(c2)c2ccccc2n3-c2ccc(-c3nnc(-c4ccc(-n5c6ccccc6c6cc(N(c7ccccc7)c7ccccc7)ccc65)cc4)o3)cc2)cc1. The molecule has 0 unspecified atom stereocenters. The van der Waals surface area contributed by atoms with Crippen LogP contribution in [0.15, 0.2) is 259 Å². The first-order chi connectivity index (χ1) is 34.2. The predicted molar refractivity (Wildman–Crippen MR) is 283 cm³/mol. The maximum absolute atomic E-state index is 6.37. The molecule has 3 heterocycles. The summed E-state index contributed by atoms with van der Waals surface area (Å²) in [5.74, 6) is 0.931. The Balaban J connectivity index is 0.802. The molecule has 0 amide bonds. The summed E-state index contributed by atoms with van der Waals surface area (Å²) in [7, 11) is 0. The fourth-order valence-corrected chi connectivity index (χ4v) is 9.92. The van der Waals surface area contributed by atoms with Crippen LogP contribution >= 0.6 is 0 Å². The summed E-state index contributed by atoms with van der Waals surface area (Å²) >= 11 is 0. The maximum Gasteiger partial charge on any atom is 0.248 e. The molecule has 326 valence electrons. The van der Waals surface area contributed by atoms with Gasteiger partial charge in [-0.1, -0.05) is 109 Å². The van der Waals surface area contributed by atoms with Gasteiger partial charge < -0.3 is 23.4 Å².